The highest BCUT2D eigenvalue weighted by molar-refractivity contribution is 7.22. The number of carbonyl (C=O) groups excluding carboxylic acids is 1. The summed E-state index contributed by atoms with van der Waals surface area (Å²) in [4.78, 5) is 33.4. The topological polar surface area (TPSA) is 76.9 Å². The molecule has 0 atom stereocenters. The van der Waals surface area contributed by atoms with Crippen LogP contribution < -0.4 is 10.9 Å². The van der Waals surface area contributed by atoms with E-state index in [1.807, 2.05) is 31.2 Å². The van der Waals surface area contributed by atoms with E-state index in [0.717, 1.165) is 15.8 Å². The minimum Gasteiger partial charge on any atom is -0.302 e. The third-order valence-electron chi connectivity index (χ3n) is 4.18. The van der Waals surface area contributed by atoms with E-state index in [4.69, 9.17) is 0 Å². The lowest BCUT2D eigenvalue weighted by atomic mass is 10.2. The molecule has 130 valence electrons. The number of nitrogens with zero attached hydrogens (tertiary/aromatic N) is 3. The molecule has 4 aromatic rings. The maximum Gasteiger partial charge on any atom is 0.261 e. The summed E-state index contributed by atoms with van der Waals surface area (Å²) < 4.78 is 2.50. The molecule has 1 N–H and O–H groups in total. The van der Waals surface area contributed by atoms with E-state index in [-0.39, 0.29) is 24.4 Å². The zero-order valence-corrected chi connectivity index (χ0v) is 14.9. The molecule has 0 spiro atoms. The van der Waals surface area contributed by atoms with Crippen molar-refractivity contribution in [3.05, 3.63) is 64.7 Å². The van der Waals surface area contributed by atoms with Gasteiger partial charge in [-0.15, -0.1) is 0 Å². The molecule has 1 amide bonds. The Hall–Kier alpha value is -3.06. The second-order valence-electron chi connectivity index (χ2n) is 6.00. The van der Waals surface area contributed by atoms with E-state index in [1.54, 1.807) is 18.2 Å². The van der Waals surface area contributed by atoms with E-state index in [9.17, 15) is 9.59 Å². The van der Waals surface area contributed by atoms with Crippen molar-refractivity contribution in [1.29, 1.82) is 0 Å². The van der Waals surface area contributed by atoms with Gasteiger partial charge < -0.3 is 5.32 Å². The second kappa shape index (κ2) is 6.68. The molecule has 0 bridgehead atoms. The number of anilines is 1. The molecule has 7 heteroatoms. The van der Waals surface area contributed by atoms with Crippen molar-refractivity contribution in [2.75, 3.05) is 5.32 Å². The van der Waals surface area contributed by atoms with Crippen molar-refractivity contribution in [3.63, 3.8) is 0 Å². The number of amides is 1. The monoisotopic (exact) mass is 364 g/mol. The fourth-order valence-electron chi connectivity index (χ4n) is 2.81. The molecule has 0 aliphatic carbocycles. The van der Waals surface area contributed by atoms with Crippen molar-refractivity contribution >= 4 is 43.5 Å². The number of aromatic nitrogens is 3. The van der Waals surface area contributed by atoms with Gasteiger partial charge in [-0.3, -0.25) is 14.2 Å². The largest absolute Gasteiger partial charge is 0.302 e. The van der Waals surface area contributed by atoms with Crippen LogP contribution >= 0.6 is 11.3 Å². The molecule has 4 rings (SSSR count). The Labute approximate surface area is 153 Å². The minimum atomic E-state index is -0.179. The quantitative estimate of drug-likeness (QED) is 0.602. The molecule has 0 saturated heterocycles. The van der Waals surface area contributed by atoms with Gasteiger partial charge >= 0.3 is 0 Å². The van der Waals surface area contributed by atoms with Gasteiger partial charge in [0.1, 0.15) is 0 Å². The van der Waals surface area contributed by atoms with Gasteiger partial charge in [0.05, 0.1) is 27.4 Å². The van der Waals surface area contributed by atoms with Crippen LogP contribution in [0.1, 0.15) is 12.0 Å². The fourth-order valence-corrected chi connectivity index (χ4v) is 3.77. The maximum absolute atomic E-state index is 12.4. The number of carbonyl (C=O) groups is 1. The number of thiazole rings is 1. The molecule has 2 aromatic carbocycles. The van der Waals surface area contributed by atoms with E-state index in [1.165, 1.54) is 22.2 Å². The minimum absolute atomic E-state index is 0.140. The first-order chi connectivity index (χ1) is 12.6. The lowest BCUT2D eigenvalue weighted by molar-refractivity contribution is -0.116. The van der Waals surface area contributed by atoms with Crippen molar-refractivity contribution in [3.8, 4) is 0 Å². The number of fused-ring (bicyclic) bond motifs is 2. The molecular weight excluding hydrogens is 348 g/mol. The normalized spacial score (nSPS) is 11.1. The number of para-hydroxylation sites is 2. The van der Waals surface area contributed by atoms with Gasteiger partial charge in [0.15, 0.2) is 5.13 Å². The van der Waals surface area contributed by atoms with Gasteiger partial charge in [-0.2, -0.15) is 0 Å². The van der Waals surface area contributed by atoms with Crippen molar-refractivity contribution in [1.82, 2.24) is 14.5 Å². The molecule has 0 fully saturated rings. The van der Waals surface area contributed by atoms with Crippen LogP contribution in [0, 0.1) is 6.92 Å². The van der Waals surface area contributed by atoms with Crippen molar-refractivity contribution < 1.29 is 4.79 Å². The summed E-state index contributed by atoms with van der Waals surface area (Å²) in [5.74, 6) is -0.179. The Morgan fingerprint density at radius 2 is 2.04 bits per heavy atom. The Balaban J connectivity index is 1.47. The van der Waals surface area contributed by atoms with Crippen LogP contribution in [0.25, 0.3) is 21.1 Å². The highest BCUT2D eigenvalue weighted by Gasteiger charge is 2.10. The summed E-state index contributed by atoms with van der Waals surface area (Å²) in [6, 6.07) is 13.1. The summed E-state index contributed by atoms with van der Waals surface area (Å²) in [7, 11) is 0. The summed E-state index contributed by atoms with van der Waals surface area (Å²) in [5, 5.41) is 3.94. The third-order valence-corrected chi connectivity index (χ3v) is 5.11. The summed E-state index contributed by atoms with van der Waals surface area (Å²) >= 11 is 1.44. The average molecular weight is 364 g/mol. The Bertz CT molecular complexity index is 1180. The molecule has 0 unspecified atom stereocenters. The summed E-state index contributed by atoms with van der Waals surface area (Å²) in [6.45, 7) is 2.26. The van der Waals surface area contributed by atoms with Crippen LogP contribution in [0.4, 0.5) is 5.13 Å². The summed E-state index contributed by atoms with van der Waals surface area (Å²) in [6.07, 6.45) is 1.66. The van der Waals surface area contributed by atoms with Gasteiger partial charge in [0.25, 0.3) is 5.56 Å². The molecule has 0 aliphatic heterocycles. The van der Waals surface area contributed by atoms with Gasteiger partial charge in [-0.1, -0.05) is 35.6 Å². The molecule has 6 nitrogen and oxygen atoms in total. The molecular formula is C19H16N4O2S. The third kappa shape index (κ3) is 3.09. The number of aryl methyl sites for hydroxylation is 2. The summed E-state index contributed by atoms with van der Waals surface area (Å²) in [5.41, 5.74) is 2.50. The average Bonchev–Trinajstić information content (AvgIpc) is 3.05. The lowest BCUT2D eigenvalue weighted by Gasteiger charge is -2.06. The number of hydrogen-bond donors (Lipinski definition) is 1. The fraction of sp³-hybridized carbons (Fsp3) is 0.158. The van der Waals surface area contributed by atoms with Crippen molar-refractivity contribution in [2.45, 2.75) is 19.9 Å². The highest BCUT2D eigenvalue weighted by atomic mass is 32.1. The molecule has 26 heavy (non-hydrogen) atoms. The van der Waals surface area contributed by atoms with Crippen LogP contribution in [-0.4, -0.2) is 20.4 Å². The molecule has 2 heterocycles. The predicted molar refractivity (Wildman–Crippen MR) is 104 cm³/mol. The van der Waals surface area contributed by atoms with Crippen LogP contribution in [0.2, 0.25) is 0 Å². The van der Waals surface area contributed by atoms with Gasteiger partial charge in [-0.05, 0) is 30.7 Å². The van der Waals surface area contributed by atoms with Crippen LogP contribution in [0.5, 0.6) is 0 Å². The SMILES string of the molecule is Cc1cccc2sc(NC(=O)CCn3cnc4ccccc4c3=O)nc12. The van der Waals surface area contributed by atoms with Crippen LogP contribution in [0.15, 0.2) is 53.6 Å². The molecule has 2 aromatic heterocycles. The van der Waals surface area contributed by atoms with Crippen molar-refractivity contribution in [2.24, 2.45) is 0 Å². The zero-order chi connectivity index (χ0) is 18.1. The Morgan fingerprint density at radius 3 is 2.88 bits per heavy atom. The number of benzene rings is 2. The molecule has 0 radical (unpaired) electrons. The van der Waals surface area contributed by atoms with E-state index >= 15 is 0 Å². The van der Waals surface area contributed by atoms with E-state index < -0.39 is 0 Å². The Morgan fingerprint density at radius 1 is 1.19 bits per heavy atom. The predicted octanol–water partition coefficient (Wildman–Crippen LogP) is 3.34. The number of rotatable bonds is 4. The maximum atomic E-state index is 12.4. The second-order valence-corrected chi connectivity index (χ2v) is 7.03. The molecule has 0 saturated carbocycles. The zero-order valence-electron chi connectivity index (χ0n) is 14.1. The van der Waals surface area contributed by atoms with Crippen LogP contribution in [-0.2, 0) is 11.3 Å². The molecule has 0 aliphatic rings. The number of hydrogen-bond acceptors (Lipinski definition) is 5. The van der Waals surface area contributed by atoms with Gasteiger partial charge in [0.2, 0.25) is 5.91 Å². The standard InChI is InChI=1S/C19H16N4O2S/c1-12-5-4-8-15-17(12)22-19(26-15)21-16(24)9-10-23-11-20-14-7-3-2-6-13(14)18(23)25/h2-8,11H,9-10H2,1H3,(H,21,22,24). The highest BCUT2D eigenvalue weighted by Crippen LogP contribution is 2.27. The van der Waals surface area contributed by atoms with E-state index in [0.29, 0.717) is 16.0 Å². The van der Waals surface area contributed by atoms with Gasteiger partial charge in [-0.25, -0.2) is 9.97 Å². The van der Waals surface area contributed by atoms with Crippen LogP contribution in [0.3, 0.4) is 0 Å². The number of nitrogens with one attached hydrogen (secondary N) is 1. The smallest absolute Gasteiger partial charge is 0.261 e. The first-order valence-corrected chi connectivity index (χ1v) is 9.03. The lowest BCUT2D eigenvalue weighted by Crippen LogP contribution is -2.23. The van der Waals surface area contributed by atoms with E-state index in [2.05, 4.69) is 15.3 Å². The first kappa shape index (κ1) is 16.4. The van der Waals surface area contributed by atoms with Gasteiger partial charge in [0, 0.05) is 13.0 Å². The Kier molecular flexibility index (Phi) is 4.22. The first-order valence-electron chi connectivity index (χ1n) is 8.22.